The van der Waals surface area contributed by atoms with Crippen molar-refractivity contribution < 1.29 is 9.59 Å². The van der Waals surface area contributed by atoms with E-state index in [4.69, 9.17) is 11.6 Å². The van der Waals surface area contributed by atoms with E-state index >= 15 is 0 Å². The van der Waals surface area contributed by atoms with Gasteiger partial charge in [0.2, 0.25) is 11.8 Å². The van der Waals surface area contributed by atoms with Crippen LogP contribution in [0.1, 0.15) is 56.2 Å². The molecule has 0 fully saturated rings. The third kappa shape index (κ3) is 6.71. The summed E-state index contributed by atoms with van der Waals surface area (Å²) in [6.45, 7) is 6.04. The molecule has 34 heavy (non-hydrogen) atoms. The first-order chi connectivity index (χ1) is 16.4. The molecule has 3 aromatic carbocycles. The molecule has 3 aromatic rings. The summed E-state index contributed by atoms with van der Waals surface area (Å²) >= 11 is 6.42. The number of carbonyl (C=O) groups excluding carboxylic acids is 2. The van der Waals surface area contributed by atoms with E-state index in [2.05, 4.69) is 5.32 Å². The molecule has 2 amide bonds. The Morgan fingerprint density at radius 3 is 1.91 bits per heavy atom. The lowest BCUT2D eigenvalue weighted by Gasteiger charge is -2.31. The van der Waals surface area contributed by atoms with E-state index in [1.807, 2.05) is 92.7 Å². The van der Waals surface area contributed by atoms with Crippen LogP contribution in [0.25, 0.3) is 0 Å². The summed E-state index contributed by atoms with van der Waals surface area (Å²) in [5, 5.41) is 3.60. The summed E-state index contributed by atoms with van der Waals surface area (Å²) in [5.74, 6) is -0.372. The van der Waals surface area contributed by atoms with Gasteiger partial charge in [-0.25, -0.2) is 0 Å². The first-order valence-corrected chi connectivity index (χ1v) is 12.2. The molecule has 0 radical (unpaired) electrons. The molecular formula is C29H33ClN2O2. The minimum Gasteiger partial charge on any atom is -0.352 e. The van der Waals surface area contributed by atoms with Crippen LogP contribution in [0.2, 0.25) is 5.02 Å². The highest BCUT2D eigenvalue weighted by Gasteiger charge is 2.29. The summed E-state index contributed by atoms with van der Waals surface area (Å²) in [5.41, 5.74) is 2.95. The summed E-state index contributed by atoms with van der Waals surface area (Å²) in [6, 6.07) is 26.9. The smallest absolute Gasteiger partial charge is 0.242 e. The number of hydrogen-bond acceptors (Lipinski definition) is 2. The predicted octanol–water partition coefficient (Wildman–Crippen LogP) is 6.19. The summed E-state index contributed by atoms with van der Waals surface area (Å²) in [7, 11) is 0. The third-order valence-corrected chi connectivity index (χ3v) is 6.62. The average molecular weight is 477 g/mol. The molecule has 4 nitrogen and oxygen atoms in total. The molecule has 0 aliphatic heterocycles. The van der Waals surface area contributed by atoms with Crippen molar-refractivity contribution in [3.8, 4) is 0 Å². The molecule has 0 spiro atoms. The fourth-order valence-corrected chi connectivity index (χ4v) is 4.14. The normalized spacial score (nSPS) is 12.7. The largest absolute Gasteiger partial charge is 0.352 e. The standard InChI is InChI=1S/C29H33ClN2O2/c1-4-21(2)31-29(34)22(3)32(20-25-17-11-12-18-27(25)30)28(33)19-26(23-13-7-5-8-14-23)24-15-9-6-10-16-24/h5-18,21-22,26H,4,19-20H2,1-3H3,(H,31,34). The molecule has 5 heteroatoms. The highest BCUT2D eigenvalue weighted by molar-refractivity contribution is 6.31. The first-order valence-electron chi connectivity index (χ1n) is 11.8. The highest BCUT2D eigenvalue weighted by Crippen LogP contribution is 2.30. The fourth-order valence-electron chi connectivity index (χ4n) is 3.95. The molecule has 3 rings (SSSR count). The van der Waals surface area contributed by atoms with E-state index < -0.39 is 6.04 Å². The minimum absolute atomic E-state index is 0.0357. The highest BCUT2D eigenvalue weighted by atomic mass is 35.5. The van der Waals surface area contributed by atoms with Crippen LogP contribution < -0.4 is 5.32 Å². The van der Waals surface area contributed by atoms with Gasteiger partial charge in [-0.1, -0.05) is 97.4 Å². The van der Waals surface area contributed by atoms with Crippen LogP contribution in [0.5, 0.6) is 0 Å². The van der Waals surface area contributed by atoms with Crippen molar-refractivity contribution >= 4 is 23.4 Å². The van der Waals surface area contributed by atoms with Crippen molar-refractivity contribution in [2.45, 2.75) is 58.2 Å². The zero-order valence-corrected chi connectivity index (χ0v) is 20.8. The van der Waals surface area contributed by atoms with Gasteiger partial charge in [0.1, 0.15) is 6.04 Å². The molecule has 1 N–H and O–H groups in total. The summed E-state index contributed by atoms with van der Waals surface area (Å²) in [4.78, 5) is 28.5. The second-order valence-corrected chi connectivity index (χ2v) is 9.09. The lowest BCUT2D eigenvalue weighted by molar-refractivity contribution is -0.141. The third-order valence-electron chi connectivity index (χ3n) is 6.25. The Morgan fingerprint density at radius 2 is 1.38 bits per heavy atom. The van der Waals surface area contributed by atoms with Crippen molar-refractivity contribution in [3.05, 3.63) is 107 Å². The summed E-state index contributed by atoms with van der Waals surface area (Å²) in [6.07, 6.45) is 1.07. The molecule has 0 aliphatic carbocycles. The Morgan fingerprint density at radius 1 is 0.853 bits per heavy atom. The maximum absolute atomic E-state index is 13.8. The van der Waals surface area contributed by atoms with Crippen LogP contribution in [0, 0.1) is 0 Å². The van der Waals surface area contributed by atoms with Crippen LogP contribution in [0.4, 0.5) is 0 Å². The molecule has 0 saturated heterocycles. The monoisotopic (exact) mass is 476 g/mol. The number of hydrogen-bond donors (Lipinski definition) is 1. The van der Waals surface area contributed by atoms with Crippen molar-refractivity contribution in [1.82, 2.24) is 10.2 Å². The minimum atomic E-state index is -0.634. The second-order valence-electron chi connectivity index (χ2n) is 8.68. The predicted molar refractivity (Wildman–Crippen MR) is 139 cm³/mol. The van der Waals surface area contributed by atoms with E-state index in [1.165, 1.54) is 0 Å². The lowest BCUT2D eigenvalue weighted by atomic mass is 9.88. The van der Waals surface area contributed by atoms with E-state index in [0.29, 0.717) is 5.02 Å². The van der Waals surface area contributed by atoms with Crippen LogP contribution in [-0.2, 0) is 16.1 Å². The quantitative estimate of drug-likeness (QED) is 0.379. The molecule has 0 saturated carbocycles. The van der Waals surface area contributed by atoms with E-state index in [9.17, 15) is 9.59 Å². The Kier molecular flexibility index (Phi) is 9.29. The number of halogens is 1. The number of rotatable bonds is 10. The molecule has 0 bridgehead atoms. The molecule has 0 heterocycles. The Labute approximate surface area is 207 Å². The van der Waals surface area contributed by atoms with Gasteiger partial charge in [0.25, 0.3) is 0 Å². The SMILES string of the molecule is CCC(C)NC(=O)C(C)N(Cc1ccccc1Cl)C(=O)CC(c1ccccc1)c1ccccc1. The number of amides is 2. The second kappa shape index (κ2) is 12.4. The van der Waals surface area contributed by atoms with Crippen molar-refractivity contribution in [1.29, 1.82) is 0 Å². The maximum atomic E-state index is 13.8. The lowest BCUT2D eigenvalue weighted by Crippen LogP contribution is -2.49. The zero-order valence-electron chi connectivity index (χ0n) is 20.1. The van der Waals surface area contributed by atoms with Crippen molar-refractivity contribution in [3.63, 3.8) is 0 Å². The van der Waals surface area contributed by atoms with Gasteiger partial charge < -0.3 is 10.2 Å². The van der Waals surface area contributed by atoms with E-state index in [1.54, 1.807) is 17.9 Å². The van der Waals surface area contributed by atoms with E-state index in [-0.39, 0.29) is 36.7 Å². The molecule has 0 aliphatic rings. The van der Waals surface area contributed by atoms with Gasteiger partial charge in [0, 0.05) is 29.9 Å². The molecule has 2 atom stereocenters. The first kappa shape index (κ1) is 25.5. The van der Waals surface area contributed by atoms with Gasteiger partial charge in [-0.15, -0.1) is 0 Å². The molecular weight excluding hydrogens is 444 g/mol. The van der Waals surface area contributed by atoms with E-state index in [0.717, 1.165) is 23.1 Å². The maximum Gasteiger partial charge on any atom is 0.242 e. The van der Waals surface area contributed by atoms with Gasteiger partial charge in [-0.2, -0.15) is 0 Å². The Balaban J connectivity index is 1.92. The Bertz CT molecular complexity index is 1030. The molecule has 2 unspecified atom stereocenters. The number of nitrogens with zero attached hydrogens (tertiary/aromatic N) is 1. The van der Waals surface area contributed by atoms with Crippen LogP contribution in [-0.4, -0.2) is 28.8 Å². The molecule has 0 aromatic heterocycles. The number of benzene rings is 3. The zero-order chi connectivity index (χ0) is 24.5. The average Bonchev–Trinajstić information content (AvgIpc) is 2.87. The number of nitrogens with one attached hydrogen (secondary N) is 1. The van der Waals surface area contributed by atoms with Crippen LogP contribution in [0.3, 0.4) is 0 Å². The van der Waals surface area contributed by atoms with Gasteiger partial charge in [0.15, 0.2) is 0 Å². The summed E-state index contributed by atoms with van der Waals surface area (Å²) < 4.78 is 0. The van der Waals surface area contributed by atoms with Crippen molar-refractivity contribution in [2.24, 2.45) is 0 Å². The topological polar surface area (TPSA) is 49.4 Å². The van der Waals surface area contributed by atoms with Gasteiger partial charge in [0.05, 0.1) is 0 Å². The fraction of sp³-hybridized carbons (Fsp3) is 0.310. The van der Waals surface area contributed by atoms with Gasteiger partial charge in [-0.3, -0.25) is 9.59 Å². The Hall–Kier alpha value is -3.11. The number of carbonyl (C=O) groups is 2. The molecule has 178 valence electrons. The van der Waals surface area contributed by atoms with Crippen LogP contribution in [0.15, 0.2) is 84.9 Å². The van der Waals surface area contributed by atoms with Crippen LogP contribution >= 0.6 is 11.6 Å². The van der Waals surface area contributed by atoms with Gasteiger partial charge in [-0.05, 0) is 43.0 Å². The van der Waals surface area contributed by atoms with Crippen molar-refractivity contribution in [2.75, 3.05) is 0 Å². The van der Waals surface area contributed by atoms with Gasteiger partial charge >= 0.3 is 0 Å².